The highest BCUT2D eigenvalue weighted by molar-refractivity contribution is 5.80. The third-order valence-electron chi connectivity index (χ3n) is 5.27. The van der Waals surface area contributed by atoms with Gasteiger partial charge in [-0.05, 0) is 45.6 Å². The zero-order valence-corrected chi connectivity index (χ0v) is 15.5. The van der Waals surface area contributed by atoms with E-state index in [2.05, 4.69) is 29.4 Å². The monoisotopic (exact) mass is 361 g/mol. The molecule has 3 rings (SSSR count). The highest BCUT2D eigenvalue weighted by Crippen LogP contribution is 2.32. The van der Waals surface area contributed by atoms with Crippen LogP contribution >= 0.6 is 0 Å². The maximum Gasteiger partial charge on any atom is 0.333 e. The van der Waals surface area contributed by atoms with Gasteiger partial charge in [-0.1, -0.05) is 29.8 Å². The summed E-state index contributed by atoms with van der Waals surface area (Å²) in [4.78, 5) is 14.9. The summed E-state index contributed by atoms with van der Waals surface area (Å²) in [5.74, 6) is -0.0182. The number of aromatic nitrogens is 2. The fourth-order valence-electron chi connectivity index (χ4n) is 3.76. The van der Waals surface area contributed by atoms with E-state index in [1.54, 1.807) is 13.8 Å². The quantitative estimate of drug-likeness (QED) is 0.804. The molecule has 0 spiro atoms. The Morgan fingerprint density at radius 1 is 1.19 bits per heavy atom. The van der Waals surface area contributed by atoms with Crippen LogP contribution in [0.5, 0.6) is 0 Å². The summed E-state index contributed by atoms with van der Waals surface area (Å²) in [5.41, 5.74) is 3.81. The fraction of sp³-hybridized carbons (Fsp3) is 0.500. The lowest BCUT2D eigenvalue weighted by molar-refractivity contribution is -0.134. The van der Waals surface area contributed by atoms with E-state index in [9.17, 15) is 13.6 Å². The van der Waals surface area contributed by atoms with E-state index in [0.717, 1.165) is 24.8 Å². The van der Waals surface area contributed by atoms with E-state index < -0.39 is 6.55 Å². The lowest BCUT2D eigenvalue weighted by atomic mass is 9.94. The molecule has 1 fully saturated rings. The number of aryl methyl sites for hydroxylation is 2. The minimum atomic E-state index is -2.69. The highest BCUT2D eigenvalue weighted by Gasteiger charge is 2.29. The number of likely N-dealkylation sites (tertiary alicyclic amines) is 1. The molecule has 4 nitrogen and oxygen atoms in total. The van der Waals surface area contributed by atoms with Gasteiger partial charge in [0, 0.05) is 17.8 Å². The lowest BCUT2D eigenvalue weighted by Gasteiger charge is -2.36. The number of carbonyl (C=O) groups is 1. The molecule has 0 radical (unpaired) electrons. The summed E-state index contributed by atoms with van der Waals surface area (Å²) >= 11 is 0. The van der Waals surface area contributed by atoms with Crippen molar-refractivity contribution in [1.29, 1.82) is 0 Å². The Morgan fingerprint density at radius 3 is 2.50 bits per heavy atom. The van der Waals surface area contributed by atoms with Crippen molar-refractivity contribution in [1.82, 2.24) is 14.7 Å². The summed E-state index contributed by atoms with van der Waals surface area (Å²) in [7, 11) is 0. The van der Waals surface area contributed by atoms with Crippen LogP contribution in [0, 0.1) is 20.8 Å². The molecule has 1 atom stereocenters. The average Bonchev–Trinajstić information content (AvgIpc) is 2.91. The van der Waals surface area contributed by atoms with Gasteiger partial charge < -0.3 is 4.90 Å². The number of alkyl halides is 2. The van der Waals surface area contributed by atoms with Gasteiger partial charge in [0.25, 0.3) is 0 Å². The van der Waals surface area contributed by atoms with Crippen LogP contribution < -0.4 is 0 Å². The molecule has 1 aliphatic rings. The van der Waals surface area contributed by atoms with Crippen LogP contribution in [-0.2, 0) is 11.2 Å². The molecular formula is C20H25F2N3O. The van der Waals surface area contributed by atoms with Gasteiger partial charge in [-0.3, -0.25) is 4.79 Å². The van der Waals surface area contributed by atoms with Gasteiger partial charge in [-0.25, -0.2) is 4.68 Å². The molecule has 140 valence electrons. The fourth-order valence-corrected chi connectivity index (χ4v) is 3.76. The molecule has 2 aromatic rings. The van der Waals surface area contributed by atoms with Crippen LogP contribution in [-0.4, -0.2) is 27.1 Å². The first-order valence-corrected chi connectivity index (χ1v) is 9.07. The minimum absolute atomic E-state index is 0.0182. The smallest absolute Gasteiger partial charge is 0.333 e. The molecule has 0 aliphatic carbocycles. The van der Waals surface area contributed by atoms with Crippen LogP contribution in [0.15, 0.2) is 24.3 Å². The number of rotatable bonds is 4. The molecule has 0 saturated carbocycles. The van der Waals surface area contributed by atoms with Gasteiger partial charge in [-0.15, -0.1) is 0 Å². The summed E-state index contributed by atoms with van der Waals surface area (Å²) in [6, 6.07) is 8.34. The SMILES string of the molecule is Cc1ccc([C@@H]2CCCCN2C(=O)Cc2c(C)nn(C(F)F)c2C)cc1. The summed E-state index contributed by atoms with van der Waals surface area (Å²) in [6.45, 7) is 3.34. The van der Waals surface area contributed by atoms with Gasteiger partial charge >= 0.3 is 6.55 Å². The van der Waals surface area contributed by atoms with Gasteiger partial charge in [0.05, 0.1) is 18.2 Å². The van der Waals surface area contributed by atoms with E-state index in [1.807, 2.05) is 11.8 Å². The van der Waals surface area contributed by atoms with Crippen molar-refractivity contribution < 1.29 is 13.6 Å². The maximum atomic E-state index is 13.0. The van der Waals surface area contributed by atoms with Crippen molar-refractivity contribution in [3.63, 3.8) is 0 Å². The molecule has 1 saturated heterocycles. The first-order valence-electron chi connectivity index (χ1n) is 9.07. The molecule has 1 aromatic carbocycles. The van der Waals surface area contributed by atoms with Gasteiger partial charge in [-0.2, -0.15) is 13.9 Å². The van der Waals surface area contributed by atoms with E-state index in [-0.39, 0.29) is 18.4 Å². The molecule has 0 N–H and O–H groups in total. The number of benzene rings is 1. The van der Waals surface area contributed by atoms with Crippen LogP contribution in [0.25, 0.3) is 0 Å². The molecule has 6 heteroatoms. The summed E-state index contributed by atoms with van der Waals surface area (Å²) in [5, 5.41) is 3.89. The third-order valence-corrected chi connectivity index (χ3v) is 5.27. The standard InChI is InChI=1S/C20H25F2N3O/c1-13-7-9-16(10-8-13)18-6-4-5-11-24(18)19(26)12-17-14(2)23-25(15(17)3)20(21)22/h7-10,18,20H,4-6,11-12H2,1-3H3/t18-/m0/s1. The normalized spacial score (nSPS) is 17.8. The molecule has 1 aromatic heterocycles. The van der Waals surface area contributed by atoms with Crippen LogP contribution in [0.3, 0.4) is 0 Å². The predicted octanol–water partition coefficient (Wildman–Crippen LogP) is 4.50. The van der Waals surface area contributed by atoms with Crippen LogP contribution in [0.2, 0.25) is 0 Å². The molecule has 1 amide bonds. The molecule has 0 unspecified atom stereocenters. The van der Waals surface area contributed by atoms with E-state index in [1.165, 1.54) is 5.56 Å². The molecule has 0 bridgehead atoms. The number of amides is 1. The van der Waals surface area contributed by atoms with Gasteiger partial charge in [0.2, 0.25) is 5.91 Å². The minimum Gasteiger partial charge on any atom is -0.335 e. The van der Waals surface area contributed by atoms with Crippen molar-refractivity contribution >= 4 is 5.91 Å². The van der Waals surface area contributed by atoms with Crippen molar-refractivity contribution in [2.75, 3.05) is 6.54 Å². The second-order valence-corrected chi connectivity index (χ2v) is 7.06. The second kappa shape index (κ2) is 7.56. The number of hydrogen-bond acceptors (Lipinski definition) is 2. The topological polar surface area (TPSA) is 38.1 Å². The first kappa shape index (κ1) is 18.5. The first-order chi connectivity index (χ1) is 12.4. The number of nitrogens with zero attached hydrogens (tertiary/aromatic N) is 3. The van der Waals surface area contributed by atoms with Crippen LogP contribution in [0.4, 0.5) is 8.78 Å². The largest absolute Gasteiger partial charge is 0.335 e. The van der Waals surface area contributed by atoms with Crippen molar-refractivity contribution in [3.05, 3.63) is 52.3 Å². The number of piperidine rings is 1. The Balaban J connectivity index is 1.82. The van der Waals surface area contributed by atoms with Crippen molar-refractivity contribution in [3.8, 4) is 0 Å². The zero-order chi connectivity index (χ0) is 18.8. The Hall–Kier alpha value is -2.24. The molecule has 1 aliphatic heterocycles. The Kier molecular flexibility index (Phi) is 5.39. The zero-order valence-electron chi connectivity index (χ0n) is 15.5. The number of halogens is 2. The Bertz CT molecular complexity index is 783. The van der Waals surface area contributed by atoms with Gasteiger partial charge in [0.15, 0.2) is 0 Å². The molecule has 2 heterocycles. The van der Waals surface area contributed by atoms with Gasteiger partial charge in [0.1, 0.15) is 0 Å². The Labute approximate surface area is 152 Å². The summed E-state index contributed by atoms with van der Waals surface area (Å²) in [6.07, 6.45) is 3.11. The van der Waals surface area contributed by atoms with Crippen LogP contribution in [0.1, 0.15) is 59.9 Å². The molecular weight excluding hydrogens is 336 g/mol. The maximum absolute atomic E-state index is 13.0. The molecule has 26 heavy (non-hydrogen) atoms. The average molecular weight is 361 g/mol. The number of hydrogen-bond donors (Lipinski definition) is 0. The van der Waals surface area contributed by atoms with Crippen molar-refractivity contribution in [2.24, 2.45) is 0 Å². The lowest BCUT2D eigenvalue weighted by Crippen LogP contribution is -2.39. The highest BCUT2D eigenvalue weighted by atomic mass is 19.3. The third kappa shape index (κ3) is 3.64. The Morgan fingerprint density at radius 2 is 1.88 bits per heavy atom. The van der Waals surface area contributed by atoms with Crippen molar-refractivity contribution in [2.45, 2.75) is 59.0 Å². The number of carbonyl (C=O) groups excluding carboxylic acids is 1. The van der Waals surface area contributed by atoms with E-state index in [4.69, 9.17) is 0 Å². The van der Waals surface area contributed by atoms with E-state index in [0.29, 0.717) is 28.2 Å². The second-order valence-electron chi connectivity index (χ2n) is 7.06. The summed E-state index contributed by atoms with van der Waals surface area (Å²) < 4.78 is 26.8. The van der Waals surface area contributed by atoms with E-state index >= 15 is 0 Å². The predicted molar refractivity (Wildman–Crippen MR) is 96.1 cm³/mol.